The van der Waals surface area contributed by atoms with Crippen LogP contribution in [0.25, 0.3) is 0 Å². The van der Waals surface area contributed by atoms with Crippen LogP contribution in [-0.2, 0) is 25.8 Å². The molecule has 0 atom stereocenters. The first-order chi connectivity index (χ1) is 2.50. The molecule has 0 saturated heterocycles. The van der Waals surface area contributed by atoms with Crippen molar-refractivity contribution in [1.82, 2.24) is 0 Å². The summed E-state index contributed by atoms with van der Waals surface area (Å²) >= 11 is 0. The minimum Gasteiger partial charge on any atom is -1.00 e. The molecule has 0 saturated carbocycles. The Morgan fingerprint density at radius 1 is 1.25 bits per heavy atom. The van der Waals surface area contributed by atoms with Crippen molar-refractivity contribution in [3.63, 3.8) is 0 Å². The average molecular weight is 314 g/mol. The van der Waals surface area contributed by atoms with Gasteiger partial charge in [-0.05, 0) is 0 Å². The molecule has 0 spiro atoms. The quantitative estimate of drug-likeness (QED) is 0.311. The number of hydrogen-bond acceptors (Lipinski definition) is 0. The van der Waals surface area contributed by atoms with Gasteiger partial charge in [0.2, 0.25) is 0 Å². The van der Waals surface area contributed by atoms with Crippen molar-refractivity contribution in [3.05, 3.63) is 24.3 Å². The monoisotopic (exact) mass is 315 g/mol. The summed E-state index contributed by atoms with van der Waals surface area (Å²) in [5.41, 5.74) is 0. The Balaban J connectivity index is -0.0000000833. The van der Waals surface area contributed by atoms with Gasteiger partial charge in [0, 0.05) is 25.8 Å². The van der Waals surface area contributed by atoms with Gasteiger partial charge in [-0.1, -0.05) is 0 Å². The van der Waals surface area contributed by atoms with Crippen LogP contribution in [0.3, 0.4) is 0 Å². The molecule has 8 heavy (non-hydrogen) atoms. The molecule has 1 aliphatic rings. The van der Waals surface area contributed by atoms with Gasteiger partial charge in [0.1, 0.15) is 0 Å². The van der Waals surface area contributed by atoms with Crippen molar-refractivity contribution in [2.45, 2.75) is 6.42 Å². The van der Waals surface area contributed by atoms with Crippen LogP contribution in [0.4, 0.5) is 0 Å². The maximum atomic E-state index is 2.99. The molecule has 1 aliphatic carbocycles. The summed E-state index contributed by atoms with van der Waals surface area (Å²) in [4.78, 5) is 0. The van der Waals surface area contributed by atoms with E-state index in [-0.39, 0.29) is 50.7 Å². The normalized spacial score (nSPS) is 11.0. The first-order valence-corrected chi connectivity index (χ1v) is 1.72. The predicted octanol–water partition coefficient (Wildman–Crippen LogP) is -4.69. The van der Waals surface area contributed by atoms with Crippen LogP contribution in [-0.4, -0.2) is 0 Å². The van der Waals surface area contributed by atoms with Crippen LogP contribution in [0.5, 0.6) is 0 Å². The first-order valence-electron chi connectivity index (χ1n) is 1.72. The van der Waals surface area contributed by atoms with Crippen LogP contribution >= 0.6 is 0 Å². The van der Waals surface area contributed by atoms with Gasteiger partial charge < -0.3 is 24.8 Å². The fourth-order valence-electron chi connectivity index (χ4n) is 0.340. The Hall–Kier alpha value is 0.930. The Morgan fingerprint density at radius 2 is 1.88 bits per heavy atom. The molecule has 1 rings (SSSR count). The molecule has 0 bridgehead atoms. The van der Waals surface area contributed by atoms with Gasteiger partial charge in [-0.2, -0.15) is 6.08 Å². The summed E-state index contributed by atoms with van der Waals surface area (Å²) in [6.07, 6.45) is 10.0. The Kier molecular flexibility index (Phi) is 21.6. The van der Waals surface area contributed by atoms with Crippen molar-refractivity contribution in [2.75, 3.05) is 0 Å². The summed E-state index contributed by atoms with van der Waals surface area (Å²) in [5, 5.41) is 0. The van der Waals surface area contributed by atoms with E-state index >= 15 is 0 Å². The van der Waals surface area contributed by atoms with Gasteiger partial charge in [0.25, 0.3) is 0 Å². The van der Waals surface area contributed by atoms with Gasteiger partial charge in [0.05, 0.1) is 0 Å². The molecule has 0 radical (unpaired) electrons. The molecular weight excluding hydrogens is 309 g/mol. The second-order valence-corrected chi connectivity index (χ2v) is 1.00. The molecule has 0 amide bonds. The third-order valence-corrected chi connectivity index (χ3v) is 0.586. The van der Waals surface area contributed by atoms with Gasteiger partial charge in [-0.3, -0.25) is 6.08 Å². The van der Waals surface area contributed by atoms with E-state index in [1.54, 1.807) is 0 Å². The summed E-state index contributed by atoms with van der Waals surface area (Å²) < 4.78 is 0. The van der Waals surface area contributed by atoms with Crippen LogP contribution in [0, 0.1) is 6.08 Å². The van der Waals surface area contributed by atoms with E-state index in [1.807, 2.05) is 12.2 Å². The van der Waals surface area contributed by atoms with Gasteiger partial charge in [0.15, 0.2) is 0 Å². The zero-order chi connectivity index (χ0) is 3.54. The van der Waals surface area contributed by atoms with E-state index in [2.05, 4.69) is 12.2 Å². The van der Waals surface area contributed by atoms with Gasteiger partial charge >= 0.3 is 0 Å². The minimum atomic E-state index is 0. The zero-order valence-electron chi connectivity index (χ0n) is 4.20. The number of rotatable bonds is 0. The van der Waals surface area contributed by atoms with Gasteiger partial charge in [-0.15, -0.1) is 6.42 Å². The number of allylic oxidation sites excluding steroid dienone is 4. The molecule has 46 valence electrons. The van der Waals surface area contributed by atoms with E-state index < -0.39 is 0 Å². The largest absolute Gasteiger partial charge is 1.00 e. The van der Waals surface area contributed by atoms with Crippen LogP contribution in [0.15, 0.2) is 18.2 Å². The maximum Gasteiger partial charge on any atom is 0 e. The summed E-state index contributed by atoms with van der Waals surface area (Å²) in [6, 6.07) is 0. The van der Waals surface area contributed by atoms with Gasteiger partial charge in [-0.25, -0.2) is 12.2 Å². The first kappa shape index (κ1) is 16.0. The van der Waals surface area contributed by atoms with Crippen LogP contribution < -0.4 is 24.8 Å². The van der Waals surface area contributed by atoms with E-state index in [9.17, 15) is 0 Å². The van der Waals surface area contributed by atoms with Crippen LogP contribution in [0.2, 0.25) is 0 Å². The molecule has 0 heterocycles. The van der Waals surface area contributed by atoms with Crippen molar-refractivity contribution in [3.8, 4) is 0 Å². The molecule has 3 heteroatoms. The smallest absolute Gasteiger partial charge is 0 e. The Morgan fingerprint density at radius 3 is 2.00 bits per heavy atom. The third-order valence-electron chi connectivity index (χ3n) is 0.586. The minimum absolute atomic E-state index is 0. The summed E-state index contributed by atoms with van der Waals surface area (Å²) in [6.45, 7) is 0. The van der Waals surface area contributed by atoms with Crippen molar-refractivity contribution in [1.29, 1.82) is 0 Å². The summed E-state index contributed by atoms with van der Waals surface area (Å²) in [7, 11) is 0. The molecule has 0 nitrogen and oxygen atoms in total. The second kappa shape index (κ2) is 10.8. The topological polar surface area (TPSA) is 0 Å². The Labute approximate surface area is 81.0 Å². The SMILES string of the molecule is [C-]1=CC=CC1.[Cl-].[Cl-].[Hf]. The number of halogens is 2. The molecule has 0 unspecified atom stereocenters. The van der Waals surface area contributed by atoms with Crippen molar-refractivity contribution < 1.29 is 50.7 Å². The fraction of sp³-hybridized carbons (Fsp3) is 0.200. The predicted molar refractivity (Wildman–Crippen MR) is 21.6 cm³/mol. The second-order valence-electron chi connectivity index (χ2n) is 1.00. The summed E-state index contributed by atoms with van der Waals surface area (Å²) in [5.74, 6) is 0. The van der Waals surface area contributed by atoms with E-state index in [1.165, 1.54) is 0 Å². The molecule has 0 aromatic rings. The maximum absolute atomic E-state index is 2.99. The zero-order valence-corrected chi connectivity index (χ0v) is 9.30. The van der Waals surface area contributed by atoms with Crippen molar-refractivity contribution in [2.24, 2.45) is 0 Å². The Bertz CT molecular complexity index is 68.5. The molecule has 0 aromatic carbocycles. The molecule has 0 aromatic heterocycles. The molecule has 0 N–H and O–H groups in total. The molecule has 0 fully saturated rings. The van der Waals surface area contributed by atoms with E-state index in [4.69, 9.17) is 0 Å². The third kappa shape index (κ3) is 6.93. The standard InChI is InChI=1S/C5H5.2ClH.Hf/c1-2-4-5-3-1;;;/h1-3H,4H2;2*1H;/q-1;;;/p-2. The molecular formula is C5H5Cl2Hf-3. The molecule has 0 aliphatic heterocycles. The van der Waals surface area contributed by atoms with Crippen LogP contribution in [0.1, 0.15) is 6.42 Å². The van der Waals surface area contributed by atoms with Crippen molar-refractivity contribution >= 4 is 0 Å². The fourth-order valence-corrected chi connectivity index (χ4v) is 0.340. The number of hydrogen-bond donors (Lipinski definition) is 0. The van der Waals surface area contributed by atoms with E-state index in [0.717, 1.165) is 6.42 Å². The van der Waals surface area contributed by atoms with E-state index in [0.29, 0.717) is 0 Å². The average Bonchev–Trinajstić information content (AvgIpc) is 1.76.